The molecule has 1 amide bonds. The first-order valence-corrected chi connectivity index (χ1v) is 8.32. The van der Waals surface area contributed by atoms with E-state index in [1.807, 2.05) is 0 Å². The van der Waals surface area contributed by atoms with Crippen LogP contribution in [0.1, 0.15) is 27.3 Å². The lowest BCUT2D eigenvalue weighted by Gasteiger charge is -2.09. The number of nitrogens with zero attached hydrogens (tertiary/aromatic N) is 3. The van der Waals surface area contributed by atoms with E-state index >= 15 is 0 Å². The fourth-order valence-corrected chi connectivity index (χ4v) is 3.30. The molecular weight excluding hydrogens is 389 g/mol. The lowest BCUT2D eigenvalue weighted by molar-refractivity contribution is -0.141. The minimum atomic E-state index is -4.70. The van der Waals surface area contributed by atoms with Gasteiger partial charge in [0.25, 0.3) is 5.91 Å². The van der Waals surface area contributed by atoms with Crippen LogP contribution in [0.15, 0.2) is 12.4 Å². The van der Waals surface area contributed by atoms with Crippen LogP contribution in [0, 0.1) is 0 Å². The summed E-state index contributed by atoms with van der Waals surface area (Å²) in [4.78, 5) is 23.5. The van der Waals surface area contributed by atoms with E-state index in [1.54, 1.807) is 6.08 Å². The second-order valence-electron chi connectivity index (χ2n) is 5.12. The molecule has 0 atom stereocenters. The third-order valence-corrected chi connectivity index (χ3v) is 4.42. The number of carbonyl (C=O) groups excluding carboxylic acids is 1. The number of hydrogen-bond acceptors (Lipinski definition) is 8. The minimum Gasteiger partial charge on any atom is -0.492 e. The molecular formula is C15H13F3N4O4S. The number of halogens is 3. The van der Waals surface area contributed by atoms with Gasteiger partial charge in [-0.3, -0.25) is 10.1 Å². The molecule has 3 rings (SSSR count). The Labute approximate surface area is 155 Å². The van der Waals surface area contributed by atoms with Gasteiger partial charge < -0.3 is 14.2 Å². The summed E-state index contributed by atoms with van der Waals surface area (Å²) in [6.07, 6.45) is -1.53. The summed E-state index contributed by atoms with van der Waals surface area (Å²) in [6, 6.07) is 0. The van der Waals surface area contributed by atoms with Gasteiger partial charge in [-0.05, 0) is 6.08 Å². The molecule has 0 unspecified atom stereocenters. The first-order valence-electron chi connectivity index (χ1n) is 7.50. The van der Waals surface area contributed by atoms with Crippen molar-refractivity contribution in [3.05, 3.63) is 28.5 Å². The van der Waals surface area contributed by atoms with Gasteiger partial charge in [-0.15, -0.1) is 0 Å². The molecule has 1 aliphatic rings. The molecule has 1 N–H and O–H groups in total. The zero-order chi connectivity index (χ0) is 19.6. The van der Waals surface area contributed by atoms with Crippen LogP contribution in [0.5, 0.6) is 11.8 Å². The number of anilines is 1. The van der Waals surface area contributed by atoms with Gasteiger partial charge in [0.1, 0.15) is 17.0 Å². The lowest BCUT2D eigenvalue weighted by atomic mass is 10.3. The highest BCUT2D eigenvalue weighted by molar-refractivity contribution is 7.16. The van der Waals surface area contributed by atoms with Gasteiger partial charge in [-0.25, -0.2) is 15.0 Å². The van der Waals surface area contributed by atoms with E-state index in [1.165, 1.54) is 14.2 Å². The van der Waals surface area contributed by atoms with Crippen LogP contribution in [-0.4, -0.2) is 41.7 Å². The number of amides is 1. The number of ether oxygens (including phenoxy) is 3. The van der Waals surface area contributed by atoms with Crippen LogP contribution in [0.3, 0.4) is 0 Å². The summed E-state index contributed by atoms with van der Waals surface area (Å²) in [5.41, 5.74) is -1.29. The summed E-state index contributed by atoms with van der Waals surface area (Å²) in [6.45, 7) is 0.294. The van der Waals surface area contributed by atoms with Crippen LogP contribution < -0.4 is 14.8 Å². The Bertz CT molecular complexity index is 875. The standard InChI is InChI=1S/C15H13F3N4O4S/c1-24-12-8(13(25-2)20-6-19-12)11(23)22-14-21-10(15(16,17)18)9(27-14)7-4-3-5-26-7/h4,6H,3,5H2,1-2H3,(H,21,22,23). The maximum atomic E-state index is 13.3. The lowest BCUT2D eigenvalue weighted by Crippen LogP contribution is -2.16. The Morgan fingerprint density at radius 1 is 1.26 bits per heavy atom. The molecule has 2 aromatic rings. The molecule has 0 spiro atoms. The monoisotopic (exact) mass is 402 g/mol. The van der Waals surface area contributed by atoms with Gasteiger partial charge in [0, 0.05) is 6.42 Å². The van der Waals surface area contributed by atoms with E-state index in [-0.39, 0.29) is 33.1 Å². The zero-order valence-corrected chi connectivity index (χ0v) is 14.9. The second-order valence-corrected chi connectivity index (χ2v) is 6.12. The summed E-state index contributed by atoms with van der Waals surface area (Å²) in [5, 5.41) is 2.05. The molecule has 2 aromatic heterocycles. The van der Waals surface area contributed by atoms with E-state index in [0.717, 1.165) is 6.33 Å². The molecule has 0 aromatic carbocycles. The number of rotatable bonds is 5. The van der Waals surface area contributed by atoms with Crippen molar-refractivity contribution in [3.63, 3.8) is 0 Å². The maximum absolute atomic E-state index is 13.3. The van der Waals surface area contributed by atoms with Gasteiger partial charge >= 0.3 is 6.18 Å². The van der Waals surface area contributed by atoms with E-state index in [2.05, 4.69) is 20.3 Å². The van der Waals surface area contributed by atoms with Crippen molar-refractivity contribution in [2.45, 2.75) is 12.6 Å². The molecule has 0 fully saturated rings. The molecule has 8 nitrogen and oxygen atoms in total. The number of hydrogen-bond donors (Lipinski definition) is 1. The highest BCUT2D eigenvalue weighted by Gasteiger charge is 2.39. The predicted octanol–water partition coefficient (Wildman–Crippen LogP) is 2.98. The van der Waals surface area contributed by atoms with E-state index in [0.29, 0.717) is 24.4 Å². The average molecular weight is 402 g/mol. The average Bonchev–Trinajstić information content (AvgIpc) is 3.29. The van der Waals surface area contributed by atoms with Crippen molar-refractivity contribution in [1.82, 2.24) is 15.0 Å². The summed E-state index contributed by atoms with van der Waals surface area (Å²) in [5.74, 6) is -0.902. The molecule has 0 aliphatic carbocycles. The van der Waals surface area contributed by atoms with Crippen LogP contribution in [0.25, 0.3) is 5.76 Å². The molecule has 3 heterocycles. The first kappa shape index (κ1) is 18.9. The number of nitrogens with one attached hydrogen (secondary N) is 1. The highest BCUT2D eigenvalue weighted by Crippen LogP contribution is 2.41. The molecule has 12 heteroatoms. The van der Waals surface area contributed by atoms with Crippen molar-refractivity contribution >= 4 is 28.1 Å². The Morgan fingerprint density at radius 3 is 2.44 bits per heavy atom. The van der Waals surface area contributed by atoms with Crippen LogP contribution in [0.2, 0.25) is 0 Å². The highest BCUT2D eigenvalue weighted by atomic mass is 32.1. The van der Waals surface area contributed by atoms with Gasteiger partial charge in [-0.2, -0.15) is 13.2 Å². The van der Waals surface area contributed by atoms with Gasteiger partial charge in [-0.1, -0.05) is 11.3 Å². The van der Waals surface area contributed by atoms with Crippen LogP contribution in [0.4, 0.5) is 18.3 Å². The predicted molar refractivity (Wildman–Crippen MR) is 88.8 cm³/mol. The smallest absolute Gasteiger partial charge is 0.435 e. The number of thiazole rings is 1. The van der Waals surface area contributed by atoms with Crippen molar-refractivity contribution < 1.29 is 32.2 Å². The topological polar surface area (TPSA) is 95.5 Å². The first-order chi connectivity index (χ1) is 12.8. The van der Waals surface area contributed by atoms with Crippen molar-refractivity contribution in [2.75, 3.05) is 26.1 Å². The van der Waals surface area contributed by atoms with Gasteiger partial charge in [0.05, 0.1) is 20.8 Å². The minimum absolute atomic E-state index is 0.0889. The molecule has 0 saturated heterocycles. The summed E-state index contributed by atoms with van der Waals surface area (Å²) in [7, 11) is 2.57. The number of methoxy groups -OCH3 is 2. The SMILES string of the molecule is COc1ncnc(OC)c1C(=O)Nc1nc(C(F)(F)F)c(C2=CCCO2)s1. The number of aromatic nitrogens is 3. The largest absolute Gasteiger partial charge is 0.492 e. The Kier molecular flexibility index (Phi) is 5.17. The molecule has 0 saturated carbocycles. The maximum Gasteiger partial charge on any atom is 0.435 e. The van der Waals surface area contributed by atoms with E-state index in [4.69, 9.17) is 14.2 Å². The van der Waals surface area contributed by atoms with Crippen molar-refractivity contribution in [1.29, 1.82) is 0 Å². The quantitative estimate of drug-likeness (QED) is 0.821. The molecule has 27 heavy (non-hydrogen) atoms. The van der Waals surface area contributed by atoms with E-state index < -0.39 is 17.8 Å². The number of alkyl halides is 3. The summed E-state index contributed by atoms with van der Waals surface area (Å²) < 4.78 is 55.1. The zero-order valence-electron chi connectivity index (χ0n) is 14.1. The normalized spacial score (nSPS) is 13.7. The second kappa shape index (κ2) is 7.39. The third kappa shape index (κ3) is 3.79. The van der Waals surface area contributed by atoms with Gasteiger partial charge in [0.15, 0.2) is 16.4 Å². The van der Waals surface area contributed by atoms with Crippen LogP contribution in [-0.2, 0) is 10.9 Å². The summed E-state index contributed by atoms with van der Waals surface area (Å²) >= 11 is 0.655. The molecule has 1 aliphatic heterocycles. The fourth-order valence-electron chi connectivity index (χ4n) is 2.33. The van der Waals surface area contributed by atoms with Crippen molar-refractivity contribution in [2.24, 2.45) is 0 Å². The third-order valence-electron chi connectivity index (χ3n) is 3.44. The number of carbonyl (C=O) groups is 1. The Balaban J connectivity index is 1.96. The van der Waals surface area contributed by atoms with Crippen molar-refractivity contribution in [3.8, 4) is 11.8 Å². The van der Waals surface area contributed by atoms with Gasteiger partial charge in [0.2, 0.25) is 11.8 Å². The molecule has 0 radical (unpaired) electrons. The molecule has 0 bridgehead atoms. The van der Waals surface area contributed by atoms with E-state index in [9.17, 15) is 18.0 Å². The fraction of sp³-hybridized carbons (Fsp3) is 0.333. The Hall–Kier alpha value is -2.89. The molecule has 144 valence electrons. The Morgan fingerprint density at radius 2 is 1.93 bits per heavy atom. The van der Waals surface area contributed by atoms with Crippen LogP contribution >= 0.6 is 11.3 Å².